The predicted molar refractivity (Wildman–Crippen MR) is 152 cm³/mol. The van der Waals surface area contributed by atoms with E-state index in [0.29, 0.717) is 29.8 Å². The number of rotatable bonds is 9. The fourth-order valence-corrected chi connectivity index (χ4v) is 6.04. The van der Waals surface area contributed by atoms with E-state index in [9.17, 15) is 14.9 Å². The molecule has 0 bridgehead atoms. The number of nitriles is 1. The highest BCUT2D eigenvalue weighted by molar-refractivity contribution is 7.07. The number of anilines is 1. The number of carbonyl (C=O) groups is 2. The summed E-state index contributed by atoms with van der Waals surface area (Å²) in [5.41, 5.74) is 2.38. The highest BCUT2D eigenvalue weighted by Crippen LogP contribution is 2.24. The van der Waals surface area contributed by atoms with Crippen LogP contribution in [0.15, 0.2) is 29.1 Å². The van der Waals surface area contributed by atoms with Crippen LogP contribution in [-0.2, 0) is 6.54 Å². The summed E-state index contributed by atoms with van der Waals surface area (Å²) in [5, 5.41) is 26.0. The van der Waals surface area contributed by atoms with Gasteiger partial charge in [-0.1, -0.05) is 23.2 Å². The van der Waals surface area contributed by atoms with Crippen LogP contribution in [0, 0.1) is 18.3 Å². The first-order chi connectivity index (χ1) is 18.8. The van der Waals surface area contributed by atoms with E-state index >= 15 is 0 Å². The lowest BCUT2D eigenvalue weighted by molar-refractivity contribution is 0.0919. The van der Waals surface area contributed by atoms with Crippen molar-refractivity contribution >= 4 is 52.3 Å². The van der Waals surface area contributed by atoms with Crippen LogP contribution in [-0.4, -0.2) is 68.6 Å². The van der Waals surface area contributed by atoms with Crippen molar-refractivity contribution in [3.63, 3.8) is 0 Å². The number of hydrogen-bond acceptors (Lipinski definition) is 7. The van der Waals surface area contributed by atoms with Crippen LogP contribution in [0.3, 0.4) is 0 Å². The molecule has 10 nitrogen and oxygen atoms in total. The Labute approximate surface area is 241 Å². The zero-order chi connectivity index (χ0) is 27.9. The molecule has 1 fully saturated rings. The first kappa shape index (κ1) is 28.8. The van der Waals surface area contributed by atoms with E-state index in [1.54, 1.807) is 24.3 Å². The van der Waals surface area contributed by atoms with Gasteiger partial charge in [0.15, 0.2) is 5.82 Å². The van der Waals surface area contributed by atoms with Crippen molar-refractivity contribution in [1.29, 1.82) is 5.26 Å². The topological polar surface area (TPSA) is 130 Å². The Morgan fingerprint density at radius 3 is 2.79 bits per heavy atom. The summed E-state index contributed by atoms with van der Waals surface area (Å²) >= 11 is 13.6. The van der Waals surface area contributed by atoms with E-state index in [1.807, 2.05) is 27.8 Å². The molecule has 4 rings (SSSR count). The molecule has 0 aromatic carbocycles. The number of nitrogens with zero attached hydrogens (tertiary/aromatic N) is 5. The highest BCUT2D eigenvalue weighted by atomic mass is 35.5. The lowest BCUT2D eigenvalue weighted by atomic mass is 10.0. The standard InChI is InChI=1S/C26H30Cl2N8O2S/c1-16-11-21(27)32-23(28)22(16)25(37)30-7-3-17(2)35-8-4-20(5-9-35)36(14-18-6-10-39-15-18)26(38)33-24-19(12-29)13-31-34-24/h6,10-11,13,15,17,20H,3-5,7-9,14H2,1-2H3,(H,30,37)(H2,31,33,34,38)/t17-/m1/s1. The van der Waals surface area contributed by atoms with Gasteiger partial charge in [0.25, 0.3) is 5.91 Å². The van der Waals surface area contributed by atoms with Crippen LogP contribution in [0.1, 0.15) is 53.2 Å². The van der Waals surface area contributed by atoms with Crippen molar-refractivity contribution in [1.82, 2.24) is 30.3 Å². The Morgan fingerprint density at radius 1 is 1.36 bits per heavy atom. The molecule has 0 unspecified atom stereocenters. The summed E-state index contributed by atoms with van der Waals surface area (Å²) < 4.78 is 0. The van der Waals surface area contributed by atoms with E-state index in [-0.39, 0.29) is 40.1 Å². The molecule has 0 spiro atoms. The number of urea groups is 1. The number of amides is 3. The van der Waals surface area contributed by atoms with E-state index < -0.39 is 0 Å². The number of piperidine rings is 1. The monoisotopic (exact) mass is 588 g/mol. The molecule has 3 aromatic rings. The van der Waals surface area contributed by atoms with E-state index in [0.717, 1.165) is 37.9 Å². The largest absolute Gasteiger partial charge is 0.352 e. The van der Waals surface area contributed by atoms with Crippen LogP contribution in [0.5, 0.6) is 0 Å². The normalized spacial score (nSPS) is 14.9. The second-order valence-electron chi connectivity index (χ2n) is 9.54. The molecule has 1 aliphatic rings. The van der Waals surface area contributed by atoms with Crippen LogP contribution in [0.2, 0.25) is 10.3 Å². The van der Waals surface area contributed by atoms with Crippen molar-refractivity contribution in [2.75, 3.05) is 25.0 Å². The van der Waals surface area contributed by atoms with Gasteiger partial charge >= 0.3 is 6.03 Å². The van der Waals surface area contributed by atoms with E-state index in [2.05, 4.69) is 37.6 Å². The Bertz CT molecular complexity index is 1310. The number of carbonyl (C=O) groups excluding carboxylic acids is 2. The fraction of sp³-hybridized carbons (Fsp3) is 0.423. The maximum Gasteiger partial charge on any atom is 0.323 e. The second kappa shape index (κ2) is 13.3. The van der Waals surface area contributed by atoms with Gasteiger partial charge in [-0.25, -0.2) is 9.78 Å². The molecule has 1 aliphatic heterocycles. The molecule has 4 heterocycles. The lowest BCUT2D eigenvalue weighted by Gasteiger charge is -2.40. The van der Waals surface area contributed by atoms with Gasteiger partial charge in [0.2, 0.25) is 0 Å². The number of nitrogens with one attached hydrogen (secondary N) is 3. The average molecular weight is 590 g/mol. The number of likely N-dealkylation sites (tertiary alicyclic amines) is 1. The van der Waals surface area contributed by atoms with E-state index in [4.69, 9.17) is 23.2 Å². The zero-order valence-electron chi connectivity index (χ0n) is 21.7. The summed E-state index contributed by atoms with van der Waals surface area (Å²) in [5.74, 6) is -0.0316. The molecule has 0 radical (unpaired) electrons. The highest BCUT2D eigenvalue weighted by Gasteiger charge is 2.30. The van der Waals surface area contributed by atoms with Gasteiger partial charge in [0.1, 0.15) is 21.9 Å². The maximum atomic E-state index is 13.3. The number of hydrogen-bond donors (Lipinski definition) is 3. The summed E-state index contributed by atoms with van der Waals surface area (Å²) in [6.07, 6.45) is 3.85. The zero-order valence-corrected chi connectivity index (χ0v) is 24.0. The molecule has 39 heavy (non-hydrogen) atoms. The van der Waals surface area contributed by atoms with Crippen molar-refractivity contribution < 1.29 is 9.59 Å². The minimum absolute atomic E-state index is 0.0417. The van der Waals surface area contributed by atoms with E-state index in [1.165, 1.54) is 6.20 Å². The molecular weight excluding hydrogens is 559 g/mol. The molecule has 206 valence electrons. The number of H-pyrrole nitrogens is 1. The first-order valence-corrected chi connectivity index (χ1v) is 14.3. The minimum atomic E-state index is -0.273. The molecule has 1 atom stereocenters. The number of aryl methyl sites for hydroxylation is 1. The third kappa shape index (κ3) is 7.28. The van der Waals surface area contributed by atoms with Gasteiger partial charge in [0, 0.05) is 44.5 Å². The van der Waals surface area contributed by atoms with Gasteiger partial charge in [-0.05, 0) is 67.1 Å². The number of aromatic nitrogens is 3. The fourth-order valence-electron chi connectivity index (χ4n) is 4.76. The van der Waals surface area contributed by atoms with Crippen molar-refractivity contribution in [3.8, 4) is 6.07 Å². The Kier molecular flexibility index (Phi) is 9.80. The number of halogens is 2. The van der Waals surface area contributed by atoms with Gasteiger partial charge in [0.05, 0.1) is 5.56 Å². The molecular formula is C26H30Cl2N8O2S. The minimum Gasteiger partial charge on any atom is -0.352 e. The summed E-state index contributed by atoms with van der Waals surface area (Å²) in [6, 6.07) is 5.68. The molecule has 0 aliphatic carbocycles. The molecule has 1 saturated heterocycles. The summed E-state index contributed by atoms with van der Waals surface area (Å²) in [6.45, 7) is 6.55. The number of thiophene rings is 1. The third-order valence-corrected chi connectivity index (χ3v) is 8.16. The Hall–Kier alpha value is -3.17. The molecule has 3 amide bonds. The lowest BCUT2D eigenvalue weighted by Crippen LogP contribution is -2.50. The van der Waals surface area contributed by atoms with Crippen molar-refractivity contribution in [3.05, 3.63) is 61.6 Å². The van der Waals surface area contributed by atoms with Gasteiger partial charge in [-0.15, -0.1) is 0 Å². The Balaban J connectivity index is 1.31. The second-order valence-corrected chi connectivity index (χ2v) is 11.1. The summed E-state index contributed by atoms with van der Waals surface area (Å²) in [4.78, 5) is 34.1. The van der Waals surface area contributed by atoms with Crippen molar-refractivity contribution in [2.24, 2.45) is 0 Å². The first-order valence-electron chi connectivity index (χ1n) is 12.6. The maximum absolute atomic E-state index is 13.3. The molecule has 0 saturated carbocycles. The third-order valence-electron chi connectivity index (χ3n) is 6.96. The molecule has 13 heteroatoms. The van der Waals surface area contributed by atoms with Crippen LogP contribution < -0.4 is 10.6 Å². The SMILES string of the molecule is Cc1cc(Cl)nc(Cl)c1C(=O)NCC[C@@H](C)N1CCC(N(Cc2ccsc2)C(=O)Nc2n[nH]cc2C#N)CC1. The smallest absolute Gasteiger partial charge is 0.323 e. The average Bonchev–Trinajstić information content (AvgIpc) is 3.58. The Morgan fingerprint density at radius 2 is 2.13 bits per heavy atom. The van der Waals surface area contributed by atoms with Gasteiger partial charge in [-0.3, -0.25) is 15.2 Å². The summed E-state index contributed by atoms with van der Waals surface area (Å²) in [7, 11) is 0. The molecule has 3 aromatic heterocycles. The van der Waals surface area contributed by atoms with Gasteiger partial charge < -0.3 is 15.1 Å². The molecule has 3 N–H and O–H groups in total. The van der Waals surface area contributed by atoms with Crippen molar-refractivity contribution in [2.45, 2.75) is 51.7 Å². The van der Waals surface area contributed by atoms with Crippen LogP contribution in [0.4, 0.5) is 10.6 Å². The van der Waals surface area contributed by atoms with Gasteiger partial charge in [-0.2, -0.15) is 21.7 Å². The van der Waals surface area contributed by atoms with Crippen LogP contribution in [0.25, 0.3) is 0 Å². The number of pyridine rings is 1. The quantitative estimate of drug-likeness (QED) is 0.299. The van der Waals surface area contributed by atoms with Crippen LogP contribution >= 0.6 is 34.5 Å². The predicted octanol–water partition coefficient (Wildman–Crippen LogP) is 5.06. The number of aromatic amines is 1.